The van der Waals surface area contributed by atoms with Crippen LogP contribution in [0.5, 0.6) is 0 Å². The fraction of sp³-hybridized carbons (Fsp3) is 0.467. The summed E-state index contributed by atoms with van der Waals surface area (Å²) in [6, 6.07) is 5.01. The zero-order chi connectivity index (χ0) is 14.6. The number of rotatable bonds is 5. The monoisotopic (exact) mass is 263 g/mol. The first-order valence-corrected chi connectivity index (χ1v) is 6.40. The second kappa shape index (κ2) is 6.36. The van der Waals surface area contributed by atoms with Crippen LogP contribution in [0.15, 0.2) is 18.2 Å². The van der Waals surface area contributed by atoms with Gasteiger partial charge in [-0.1, -0.05) is 32.0 Å². The molecular formula is C15H21NO3. The minimum atomic E-state index is -0.996. The summed E-state index contributed by atoms with van der Waals surface area (Å²) < 4.78 is 0. The summed E-state index contributed by atoms with van der Waals surface area (Å²) >= 11 is 0. The number of hydrogen-bond acceptors (Lipinski definition) is 2. The molecule has 1 atom stereocenters. The van der Waals surface area contributed by atoms with Gasteiger partial charge in [-0.05, 0) is 36.5 Å². The third-order valence-electron chi connectivity index (χ3n) is 3.23. The normalized spacial score (nSPS) is 12.3. The Hall–Kier alpha value is -1.84. The van der Waals surface area contributed by atoms with Crippen molar-refractivity contribution >= 4 is 11.9 Å². The molecule has 0 aliphatic rings. The van der Waals surface area contributed by atoms with Crippen molar-refractivity contribution in [2.24, 2.45) is 5.92 Å². The number of carboxylic acids is 1. The molecule has 0 spiro atoms. The van der Waals surface area contributed by atoms with Crippen molar-refractivity contribution in [2.75, 3.05) is 0 Å². The Morgan fingerprint density at radius 1 is 1.21 bits per heavy atom. The molecule has 0 radical (unpaired) electrons. The maximum absolute atomic E-state index is 12.0. The van der Waals surface area contributed by atoms with Gasteiger partial charge in [0.2, 0.25) is 5.91 Å². The number of hydrogen-bond donors (Lipinski definition) is 2. The van der Waals surface area contributed by atoms with E-state index >= 15 is 0 Å². The smallest absolute Gasteiger partial charge is 0.326 e. The van der Waals surface area contributed by atoms with Gasteiger partial charge in [0, 0.05) is 0 Å². The van der Waals surface area contributed by atoms with Crippen molar-refractivity contribution in [2.45, 2.75) is 40.2 Å². The van der Waals surface area contributed by atoms with Crippen LogP contribution in [0.25, 0.3) is 0 Å². The van der Waals surface area contributed by atoms with Gasteiger partial charge in [-0.2, -0.15) is 0 Å². The minimum Gasteiger partial charge on any atom is -0.480 e. The summed E-state index contributed by atoms with van der Waals surface area (Å²) in [4.78, 5) is 23.0. The van der Waals surface area contributed by atoms with E-state index in [2.05, 4.69) is 5.32 Å². The van der Waals surface area contributed by atoms with E-state index in [0.717, 1.165) is 16.7 Å². The molecule has 1 aromatic carbocycles. The first kappa shape index (κ1) is 15.2. The van der Waals surface area contributed by atoms with Gasteiger partial charge in [0.05, 0.1) is 6.42 Å². The zero-order valence-corrected chi connectivity index (χ0v) is 11.9. The predicted octanol–water partition coefficient (Wildman–Crippen LogP) is 2.07. The highest BCUT2D eigenvalue weighted by atomic mass is 16.4. The molecule has 0 aliphatic carbocycles. The lowest BCUT2D eigenvalue weighted by Crippen LogP contribution is -2.45. The van der Waals surface area contributed by atoms with Crippen LogP contribution in [0, 0.1) is 19.8 Å². The van der Waals surface area contributed by atoms with Gasteiger partial charge in [0.25, 0.3) is 0 Å². The number of benzene rings is 1. The number of aliphatic carboxylic acids is 1. The highest BCUT2D eigenvalue weighted by Crippen LogP contribution is 2.14. The Morgan fingerprint density at radius 3 is 2.16 bits per heavy atom. The Kier molecular flexibility index (Phi) is 5.10. The van der Waals surface area contributed by atoms with E-state index in [1.165, 1.54) is 0 Å². The van der Waals surface area contributed by atoms with E-state index in [1.807, 2.05) is 32.0 Å². The SMILES string of the molecule is Cc1cccc(C)c1CC(=O)N[C@@H](C(=O)O)C(C)C. The van der Waals surface area contributed by atoms with Gasteiger partial charge in [-0.3, -0.25) is 4.79 Å². The molecule has 4 heteroatoms. The largest absolute Gasteiger partial charge is 0.480 e. The lowest BCUT2D eigenvalue weighted by molar-refractivity contribution is -0.143. The Morgan fingerprint density at radius 2 is 1.74 bits per heavy atom. The minimum absolute atomic E-state index is 0.139. The van der Waals surface area contributed by atoms with Crippen LogP contribution in [0.3, 0.4) is 0 Å². The van der Waals surface area contributed by atoms with Gasteiger partial charge >= 0.3 is 5.97 Å². The highest BCUT2D eigenvalue weighted by molar-refractivity contribution is 5.85. The predicted molar refractivity (Wildman–Crippen MR) is 74.0 cm³/mol. The number of nitrogens with one attached hydrogen (secondary N) is 1. The number of amides is 1. The first-order chi connectivity index (χ1) is 8.82. The average Bonchev–Trinajstić information content (AvgIpc) is 2.30. The number of carboxylic acid groups (broad SMARTS) is 1. The topological polar surface area (TPSA) is 66.4 Å². The molecule has 0 bridgehead atoms. The maximum Gasteiger partial charge on any atom is 0.326 e. The van der Waals surface area contributed by atoms with Crippen molar-refractivity contribution in [1.29, 1.82) is 0 Å². The number of carbonyl (C=O) groups excluding carboxylic acids is 1. The highest BCUT2D eigenvalue weighted by Gasteiger charge is 2.23. The Bertz CT molecular complexity index is 460. The fourth-order valence-corrected chi connectivity index (χ4v) is 2.03. The van der Waals surface area contributed by atoms with E-state index in [0.29, 0.717) is 0 Å². The standard InChI is InChI=1S/C15H21NO3/c1-9(2)14(15(18)19)16-13(17)8-12-10(3)6-5-7-11(12)4/h5-7,9,14H,8H2,1-4H3,(H,16,17)(H,18,19)/t14-/m1/s1. The lowest BCUT2D eigenvalue weighted by atomic mass is 9.99. The molecule has 4 nitrogen and oxygen atoms in total. The summed E-state index contributed by atoms with van der Waals surface area (Å²) in [7, 11) is 0. The summed E-state index contributed by atoms with van der Waals surface area (Å²) in [5.74, 6) is -1.39. The molecule has 1 amide bonds. The lowest BCUT2D eigenvalue weighted by Gasteiger charge is -2.18. The molecule has 0 heterocycles. The van der Waals surface area contributed by atoms with Crippen LogP contribution in [-0.4, -0.2) is 23.0 Å². The van der Waals surface area contributed by atoms with Gasteiger partial charge in [0.1, 0.15) is 6.04 Å². The van der Waals surface area contributed by atoms with Crippen molar-refractivity contribution in [1.82, 2.24) is 5.32 Å². The van der Waals surface area contributed by atoms with E-state index in [1.54, 1.807) is 13.8 Å². The van der Waals surface area contributed by atoms with E-state index in [4.69, 9.17) is 5.11 Å². The van der Waals surface area contributed by atoms with Crippen molar-refractivity contribution < 1.29 is 14.7 Å². The third-order valence-corrected chi connectivity index (χ3v) is 3.23. The second-order valence-electron chi connectivity index (χ2n) is 5.17. The molecule has 2 N–H and O–H groups in total. The van der Waals surface area contributed by atoms with E-state index in [9.17, 15) is 9.59 Å². The molecule has 1 aromatic rings. The van der Waals surface area contributed by atoms with Crippen LogP contribution >= 0.6 is 0 Å². The van der Waals surface area contributed by atoms with Crippen LogP contribution < -0.4 is 5.32 Å². The van der Waals surface area contributed by atoms with Gasteiger partial charge in [-0.15, -0.1) is 0 Å². The summed E-state index contributed by atoms with van der Waals surface area (Å²) in [5, 5.41) is 11.6. The molecule has 104 valence electrons. The van der Waals surface area contributed by atoms with Crippen LogP contribution in [0.4, 0.5) is 0 Å². The molecule has 1 rings (SSSR count). The van der Waals surface area contributed by atoms with Gasteiger partial charge < -0.3 is 10.4 Å². The van der Waals surface area contributed by atoms with Crippen molar-refractivity contribution in [3.05, 3.63) is 34.9 Å². The molecule has 0 saturated carbocycles. The number of aryl methyl sites for hydroxylation is 2. The van der Waals surface area contributed by atoms with Gasteiger partial charge in [-0.25, -0.2) is 4.79 Å². The van der Waals surface area contributed by atoms with E-state index in [-0.39, 0.29) is 18.2 Å². The molecule has 0 fully saturated rings. The summed E-state index contributed by atoms with van der Waals surface area (Å²) in [6.45, 7) is 7.45. The zero-order valence-electron chi connectivity index (χ0n) is 11.9. The average molecular weight is 263 g/mol. The van der Waals surface area contributed by atoms with Crippen LogP contribution in [0.2, 0.25) is 0 Å². The third kappa shape index (κ3) is 4.09. The Labute approximate surface area is 113 Å². The molecule has 0 saturated heterocycles. The molecular weight excluding hydrogens is 242 g/mol. The first-order valence-electron chi connectivity index (χ1n) is 6.40. The van der Waals surface area contributed by atoms with Crippen molar-refractivity contribution in [3.8, 4) is 0 Å². The molecule has 0 unspecified atom stereocenters. The number of carbonyl (C=O) groups is 2. The second-order valence-corrected chi connectivity index (χ2v) is 5.17. The fourth-order valence-electron chi connectivity index (χ4n) is 2.03. The molecule has 0 aromatic heterocycles. The van der Waals surface area contributed by atoms with Crippen LogP contribution in [0.1, 0.15) is 30.5 Å². The quantitative estimate of drug-likeness (QED) is 0.854. The summed E-state index contributed by atoms with van der Waals surface area (Å²) in [6.07, 6.45) is 0.217. The van der Waals surface area contributed by atoms with Gasteiger partial charge in [0.15, 0.2) is 0 Å². The summed E-state index contributed by atoms with van der Waals surface area (Å²) in [5.41, 5.74) is 3.06. The Balaban J connectivity index is 2.78. The maximum atomic E-state index is 12.0. The van der Waals surface area contributed by atoms with Crippen LogP contribution in [-0.2, 0) is 16.0 Å². The van der Waals surface area contributed by atoms with E-state index < -0.39 is 12.0 Å². The molecule has 0 aliphatic heterocycles. The molecule has 19 heavy (non-hydrogen) atoms. The van der Waals surface area contributed by atoms with Crippen molar-refractivity contribution in [3.63, 3.8) is 0 Å².